The van der Waals surface area contributed by atoms with Crippen LogP contribution in [0.25, 0.3) is 0 Å². The molecule has 6 nitrogen and oxygen atoms in total. The van der Waals surface area contributed by atoms with Crippen LogP contribution in [-0.4, -0.2) is 32.2 Å². The molecule has 1 N–H and O–H groups in total. The zero-order chi connectivity index (χ0) is 20.6. The van der Waals surface area contributed by atoms with Gasteiger partial charge in [0.25, 0.3) is 5.91 Å². The van der Waals surface area contributed by atoms with Gasteiger partial charge in [0.05, 0.1) is 12.7 Å². The van der Waals surface area contributed by atoms with Gasteiger partial charge >= 0.3 is 12.1 Å². The number of hydrogen-bond donors (Lipinski definition) is 1. The maximum atomic E-state index is 12.6. The first-order valence-electron chi connectivity index (χ1n) is 8.14. The molecule has 0 aliphatic heterocycles. The number of alkyl halides is 3. The molecular formula is C19H18F3NO5. The summed E-state index contributed by atoms with van der Waals surface area (Å²) in [6.07, 6.45) is -4.51. The number of halogens is 3. The van der Waals surface area contributed by atoms with Gasteiger partial charge in [-0.25, -0.2) is 4.79 Å². The lowest BCUT2D eigenvalue weighted by molar-refractivity contribution is -0.150. The van der Waals surface area contributed by atoms with Gasteiger partial charge in [0.1, 0.15) is 11.5 Å². The van der Waals surface area contributed by atoms with Crippen LogP contribution in [0.2, 0.25) is 0 Å². The van der Waals surface area contributed by atoms with Crippen molar-refractivity contribution in [2.24, 2.45) is 0 Å². The van der Waals surface area contributed by atoms with Gasteiger partial charge in [-0.1, -0.05) is 24.3 Å². The molecule has 0 bridgehead atoms. The molecule has 2 rings (SSSR count). The second-order valence-corrected chi connectivity index (χ2v) is 5.56. The molecule has 0 heterocycles. The molecule has 2 aromatic rings. The number of nitrogens with one attached hydrogen (secondary N) is 1. The fourth-order valence-electron chi connectivity index (χ4n) is 2.19. The number of methoxy groups -OCH3 is 1. The molecule has 0 saturated heterocycles. The van der Waals surface area contributed by atoms with E-state index in [4.69, 9.17) is 14.2 Å². The molecule has 9 heteroatoms. The monoisotopic (exact) mass is 397 g/mol. The number of carbonyl (C=O) groups is 2. The predicted octanol–water partition coefficient (Wildman–Crippen LogP) is 2.95. The normalized spacial score (nSPS) is 10.9. The molecule has 0 aliphatic carbocycles. The van der Waals surface area contributed by atoms with Gasteiger partial charge in [-0.3, -0.25) is 4.79 Å². The topological polar surface area (TPSA) is 73.9 Å². The van der Waals surface area contributed by atoms with E-state index < -0.39 is 36.8 Å². The second-order valence-electron chi connectivity index (χ2n) is 5.56. The molecule has 0 saturated carbocycles. The van der Waals surface area contributed by atoms with Crippen molar-refractivity contribution in [1.82, 2.24) is 5.32 Å². The summed E-state index contributed by atoms with van der Waals surface area (Å²) < 4.78 is 52.7. The molecule has 1 amide bonds. The largest absolute Gasteiger partial charge is 0.496 e. The highest BCUT2D eigenvalue weighted by Crippen LogP contribution is 2.31. The van der Waals surface area contributed by atoms with E-state index >= 15 is 0 Å². The van der Waals surface area contributed by atoms with Gasteiger partial charge in [0.15, 0.2) is 13.2 Å². The van der Waals surface area contributed by atoms with Crippen LogP contribution in [0.15, 0.2) is 48.5 Å². The summed E-state index contributed by atoms with van der Waals surface area (Å²) in [5, 5.41) is 2.56. The summed E-state index contributed by atoms with van der Waals surface area (Å²) in [7, 11) is 1.51. The lowest BCUT2D eigenvalue weighted by Crippen LogP contribution is -2.29. The third-order valence-corrected chi connectivity index (χ3v) is 3.55. The smallest absolute Gasteiger partial charge is 0.416 e. The highest BCUT2D eigenvalue weighted by Gasteiger charge is 2.30. The summed E-state index contributed by atoms with van der Waals surface area (Å²) in [5.74, 6) is -0.954. The predicted molar refractivity (Wildman–Crippen MR) is 92.7 cm³/mol. The van der Waals surface area contributed by atoms with E-state index in [-0.39, 0.29) is 12.3 Å². The Morgan fingerprint density at radius 2 is 1.79 bits per heavy atom. The second kappa shape index (κ2) is 9.63. The van der Waals surface area contributed by atoms with Gasteiger partial charge in [-0.05, 0) is 24.3 Å². The van der Waals surface area contributed by atoms with E-state index in [0.29, 0.717) is 5.75 Å². The van der Waals surface area contributed by atoms with E-state index in [1.165, 1.54) is 13.2 Å². The van der Waals surface area contributed by atoms with Gasteiger partial charge in [0.2, 0.25) is 0 Å². The Morgan fingerprint density at radius 1 is 1.04 bits per heavy atom. The highest BCUT2D eigenvalue weighted by molar-refractivity contribution is 5.80. The lowest BCUT2D eigenvalue weighted by atomic mass is 10.2. The number of amides is 1. The van der Waals surface area contributed by atoms with Gasteiger partial charge in [-0.2, -0.15) is 13.2 Å². The van der Waals surface area contributed by atoms with Crippen LogP contribution in [0, 0.1) is 0 Å². The average Bonchev–Trinajstić information content (AvgIpc) is 2.69. The molecule has 0 aliphatic rings. The first-order chi connectivity index (χ1) is 13.3. The van der Waals surface area contributed by atoms with Crippen LogP contribution in [0.5, 0.6) is 11.5 Å². The number of para-hydroxylation sites is 1. The minimum atomic E-state index is -4.51. The summed E-state index contributed by atoms with van der Waals surface area (Å²) in [4.78, 5) is 23.4. The zero-order valence-electron chi connectivity index (χ0n) is 14.9. The van der Waals surface area contributed by atoms with Crippen LogP contribution in [-0.2, 0) is 27.0 Å². The van der Waals surface area contributed by atoms with Crippen molar-refractivity contribution >= 4 is 11.9 Å². The SMILES string of the molecule is COc1ccccc1CNC(=O)COC(=O)COc1cccc(C(F)(F)F)c1. The first kappa shape index (κ1) is 21.1. The van der Waals surface area contributed by atoms with E-state index in [2.05, 4.69) is 5.32 Å². The molecular weight excluding hydrogens is 379 g/mol. The van der Waals surface area contributed by atoms with Crippen molar-refractivity contribution in [2.75, 3.05) is 20.3 Å². The number of ether oxygens (including phenoxy) is 3. The molecule has 150 valence electrons. The maximum Gasteiger partial charge on any atom is 0.416 e. The molecule has 0 unspecified atom stereocenters. The van der Waals surface area contributed by atoms with Crippen LogP contribution < -0.4 is 14.8 Å². The fraction of sp³-hybridized carbons (Fsp3) is 0.263. The number of esters is 1. The maximum absolute atomic E-state index is 12.6. The first-order valence-corrected chi connectivity index (χ1v) is 8.14. The number of benzene rings is 2. The van der Waals surface area contributed by atoms with Crippen LogP contribution in [0.3, 0.4) is 0 Å². The fourth-order valence-corrected chi connectivity index (χ4v) is 2.19. The Labute approximate surface area is 159 Å². The van der Waals surface area contributed by atoms with Gasteiger partial charge in [0, 0.05) is 12.1 Å². The van der Waals surface area contributed by atoms with E-state index in [1.54, 1.807) is 24.3 Å². The standard InChI is InChI=1S/C19H18F3NO5/c1-26-16-8-3-2-5-13(16)10-23-17(24)11-28-18(25)12-27-15-7-4-6-14(9-15)19(20,21)22/h2-9H,10-12H2,1H3,(H,23,24). The molecule has 0 aromatic heterocycles. The number of hydrogen-bond acceptors (Lipinski definition) is 5. The van der Waals surface area contributed by atoms with Crippen molar-refractivity contribution in [3.05, 3.63) is 59.7 Å². The average molecular weight is 397 g/mol. The summed E-state index contributed by atoms with van der Waals surface area (Å²) in [6.45, 7) is -0.984. The molecule has 0 atom stereocenters. The van der Waals surface area contributed by atoms with Gasteiger partial charge < -0.3 is 19.5 Å². The zero-order valence-corrected chi connectivity index (χ0v) is 14.9. The Balaban J connectivity index is 1.74. The van der Waals surface area contributed by atoms with Crippen molar-refractivity contribution in [1.29, 1.82) is 0 Å². The molecule has 2 aromatic carbocycles. The molecule has 0 fully saturated rings. The summed E-state index contributed by atoms with van der Waals surface area (Å²) in [5.41, 5.74) is -0.147. The van der Waals surface area contributed by atoms with Crippen LogP contribution in [0.1, 0.15) is 11.1 Å². The molecule has 0 radical (unpaired) electrons. The van der Waals surface area contributed by atoms with Crippen molar-refractivity contribution in [3.63, 3.8) is 0 Å². The lowest BCUT2D eigenvalue weighted by Gasteiger charge is -2.11. The summed E-state index contributed by atoms with van der Waals surface area (Å²) >= 11 is 0. The third kappa shape index (κ3) is 6.49. The van der Waals surface area contributed by atoms with Gasteiger partial charge in [-0.15, -0.1) is 0 Å². The van der Waals surface area contributed by atoms with Crippen LogP contribution >= 0.6 is 0 Å². The molecule has 28 heavy (non-hydrogen) atoms. The van der Waals surface area contributed by atoms with E-state index in [1.807, 2.05) is 0 Å². The Hall–Kier alpha value is -3.23. The Morgan fingerprint density at radius 3 is 2.50 bits per heavy atom. The van der Waals surface area contributed by atoms with Crippen LogP contribution in [0.4, 0.5) is 13.2 Å². The minimum Gasteiger partial charge on any atom is -0.496 e. The van der Waals surface area contributed by atoms with Crippen molar-refractivity contribution in [3.8, 4) is 11.5 Å². The quantitative estimate of drug-likeness (QED) is 0.694. The van der Waals surface area contributed by atoms with Crippen molar-refractivity contribution < 1.29 is 37.0 Å². The van der Waals surface area contributed by atoms with E-state index in [9.17, 15) is 22.8 Å². The van der Waals surface area contributed by atoms with Crippen molar-refractivity contribution in [2.45, 2.75) is 12.7 Å². The summed E-state index contributed by atoms with van der Waals surface area (Å²) in [6, 6.07) is 11.2. The Bertz CT molecular complexity index is 823. The number of carbonyl (C=O) groups excluding carboxylic acids is 2. The Kier molecular flexibility index (Phi) is 7.25. The van der Waals surface area contributed by atoms with E-state index in [0.717, 1.165) is 23.8 Å². The number of rotatable bonds is 8. The molecule has 0 spiro atoms. The highest BCUT2D eigenvalue weighted by atomic mass is 19.4. The minimum absolute atomic E-state index is 0.132. The third-order valence-electron chi connectivity index (χ3n) is 3.55.